The number of aryl methyl sites for hydroxylation is 1. The first-order valence-corrected chi connectivity index (χ1v) is 9.34. The van der Waals surface area contributed by atoms with Crippen LogP contribution in [0.25, 0.3) is 21.9 Å². The number of fused-ring (bicyclic) bond motifs is 1. The zero-order chi connectivity index (χ0) is 19.1. The van der Waals surface area contributed by atoms with Crippen molar-refractivity contribution in [2.45, 2.75) is 19.1 Å². The van der Waals surface area contributed by atoms with E-state index in [-0.39, 0.29) is 12.5 Å². The van der Waals surface area contributed by atoms with Gasteiger partial charge >= 0.3 is 0 Å². The van der Waals surface area contributed by atoms with Crippen LogP contribution < -0.4 is 5.73 Å². The Labute approximate surface area is 163 Å². The third kappa shape index (κ3) is 3.21. The number of hydrogen-bond acceptors (Lipinski definition) is 3. The van der Waals surface area contributed by atoms with Gasteiger partial charge in [-0.15, -0.1) is 0 Å². The summed E-state index contributed by atoms with van der Waals surface area (Å²) in [5, 5.41) is 12.5. The first-order valence-electron chi connectivity index (χ1n) is 8.97. The van der Waals surface area contributed by atoms with Crippen molar-refractivity contribution in [3.63, 3.8) is 0 Å². The van der Waals surface area contributed by atoms with Crippen LogP contribution in [0.2, 0.25) is 5.02 Å². The van der Waals surface area contributed by atoms with Crippen molar-refractivity contribution in [3.05, 3.63) is 70.7 Å². The van der Waals surface area contributed by atoms with Gasteiger partial charge in [0.1, 0.15) is 0 Å². The Kier molecular flexibility index (Phi) is 4.64. The molecule has 3 aromatic rings. The van der Waals surface area contributed by atoms with Gasteiger partial charge in [-0.05, 0) is 52.6 Å². The van der Waals surface area contributed by atoms with E-state index in [0.29, 0.717) is 17.1 Å². The molecule has 27 heavy (non-hydrogen) atoms. The number of halogens is 1. The molecule has 138 valence electrons. The Bertz CT molecular complexity index is 1020. The molecule has 0 aromatic heterocycles. The molecule has 5 heteroatoms. The second kappa shape index (κ2) is 6.97. The Hall–Kier alpha value is -2.40. The Morgan fingerprint density at radius 2 is 1.81 bits per heavy atom. The first kappa shape index (κ1) is 18.0. The summed E-state index contributed by atoms with van der Waals surface area (Å²) < 4.78 is 0. The molecule has 1 fully saturated rings. The van der Waals surface area contributed by atoms with Crippen molar-refractivity contribution >= 4 is 28.3 Å². The highest BCUT2D eigenvalue weighted by atomic mass is 35.5. The number of amides is 1. The van der Waals surface area contributed by atoms with Crippen molar-refractivity contribution in [3.8, 4) is 11.1 Å². The fraction of sp³-hybridized carbons (Fsp3) is 0.227. The molecule has 0 saturated carbocycles. The van der Waals surface area contributed by atoms with E-state index >= 15 is 0 Å². The summed E-state index contributed by atoms with van der Waals surface area (Å²) in [5.74, 6) is -0.104. The average Bonchev–Trinajstić information content (AvgIpc) is 3.01. The molecule has 3 aromatic carbocycles. The number of likely N-dealkylation sites (tertiary alicyclic amines) is 1. The van der Waals surface area contributed by atoms with E-state index in [9.17, 15) is 9.90 Å². The van der Waals surface area contributed by atoms with Gasteiger partial charge in [0, 0.05) is 29.7 Å². The van der Waals surface area contributed by atoms with Crippen LogP contribution in [0.3, 0.4) is 0 Å². The molecule has 0 spiro atoms. The number of aliphatic hydroxyl groups excluding tert-OH is 1. The van der Waals surface area contributed by atoms with Crippen LogP contribution in [0.15, 0.2) is 54.6 Å². The summed E-state index contributed by atoms with van der Waals surface area (Å²) in [5.41, 5.74) is 9.71. The topological polar surface area (TPSA) is 66.6 Å². The number of aliphatic hydroxyl groups is 1. The molecule has 0 radical (unpaired) electrons. The molecule has 2 atom stereocenters. The van der Waals surface area contributed by atoms with Gasteiger partial charge in [-0.25, -0.2) is 0 Å². The van der Waals surface area contributed by atoms with Gasteiger partial charge < -0.3 is 15.7 Å². The van der Waals surface area contributed by atoms with Crippen LogP contribution in [0.1, 0.15) is 15.9 Å². The smallest absolute Gasteiger partial charge is 0.254 e. The third-order valence-electron chi connectivity index (χ3n) is 5.26. The maximum Gasteiger partial charge on any atom is 0.254 e. The predicted octanol–water partition coefficient (Wildman–Crippen LogP) is 3.61. The lowest BCUT2D eigenvalue weighted by molar-refractivity contribution is 0.0767. The molecule has 1 amide bonds. The Morgan fingerprint density at radius 1 is 1.07 bits per heavy atom. The summed E-state index contributed by atoms with van der Waals surface area (Å²) in [7, 11) is 0. The highest BCUT2D eigenvalue weighted by Gasteiger charge is 2.32. The molecule has 4 rings (SSSR count). The van der Waals surface area contributed by atoms with Crippen molar-refractivity contribution < 1.29 is 9.90 Å². The standard InChI is InChI=1S/C22H21ClN2O2/c1-13-8-9-14(23)10-19(13)17-6-2-5-16-15(17)4-3-7-18(16)22(27)25-11-20(24)21(26)12-25/h2-10,20-21,26H,11-12,24H2,1H3/t20-,21-/m1/s1. The highest BCUT2D eigenvalue weighted by molar-refractivity contribution is 6.31. The number of rotatable bonds is 2. The maximum absolute atomic E-state index is 13.1. The molecule has 1 aliphatic rings. The van der Waals surface area contributed by atoms with E-state index in [4.69, 9.17) is 17.3 Å². The second-order valence-corrected chi connectivity index (χ2v) is 7.54. The van der Waals surface area contributed by atoms with Crippen molar-refractivity contribution in [2.75, 3.05) is 13.1 Å². The lowest BCUT2D eigenvalue weighted by Gasteiger charge is -2.18. The van der Waals surface area contributed by atoms with E-state index in [1.54, 1.807) is 4.90 Å². The van der Waals surface area contributed by atoms with Crippen LogP contribution in [0.5, 0.6) is 0 Å². The fourth-order valence-corrected chi connectivity index (χ4v) is 3.94. The summed E-state index contributed by atoms with van der Waals surface area (Å²) >= 11 is 6.22. The third-order valence-corrected chi connectivity index (χ3v) is 5.50. The normalized spacial score (nSPS) is 19.6. The SMILES string of the molecule is Cc1ccc(Cl)cc1-c1cccc2c(C(=O)N3C[C@@H](N)[C@H](O)C3)cccc12. The van der Waals surface area contributed by atoms with Gasteiger partial charge in [-0.1, -0.05) is 48.0 Å². The molecule has 0 aliphatic carbocycles. The lowest BCUT2D eigenvalue weighted by Crippen LogP contribution is -2.33. The molecule has 0 unspecified atom stereocenters. The number of benzene rings is 3. The van der Waals surface area contributed by atoms with E-state index in [2.05, 4.69) is 0 Å². The fourth-order valence-electron chi connectivity index (χ4n) is 3.76. The molecular weight excluding hydrogens is 360 g/mol. The van der Waals surface area contributed by atoms with E-state index in [0.717, 1.165) is 27.5 Å². The van der Waals surface area contributed by atoms with Crippen molar-refractivity contribution in [2.24, 2.45) is 5.73 Å². The van der Waals surface area contributed by atoms with Gasteiger partial charge in [0.05, 0.1) is 6.10 Å². The molecule has 0 bridgehead atoms. The Morgan fingerprint density at radius 3 is 2.56 bits per heavy atom. The Balaban J connectivity index is 1.84. The molecule has 1 saturated heterocycles. The van der Waals surface area contributed by atoms with Crippen molar-refractivity contribution in [1.29, 1.82) is 0 Å². The monoisotopic (exact) mass is 380 g/mol. The van der Waals surface area contributed by atoms with Crippen LogP contribution in [-0.2, 0) is 0 Å². The van der Waals surface area contributed by atoms with Gasteiger partial charge in [-0.2, -0.15) is 0 Å². The molecule has 1 heterocycles. The number of carbonyl (C=O) groups excluding carboxylic acids is 1. The lowest BCUT2D eigenvalue weighted by atomic mass is 9.93. The quantitative estimate of drug-likeness (QED) is 0.713. The van der Waals surface area contributed by atoms with Crippen LogP contribution in [0.4, 0.5) is 0 Å². The molecule has 4 nitrogen and oxygen atoms in total. The largest absolute Gasteiger partial charge is 0.390 e. The van der Waals surface area contributed by atoms with Gasteiger partial charge in [-0.3, -0.25) is 4.79 Å². The number of β-amino-alcohol motifs (C(OH)–C–C–N with tert-alkyl or cyclic N) is 1. The highest BCUT2D eigenvalue weighted by Crippen LogP contribution is 2.34. The average molecular weight is 381 g/mol. The first-order chi connectivity index (χ1) is 13.0. The number of nitrogens with two attached hydrogens (primary N) is 1. The summed E-state index contributed by atoms with van der Waals surface area (Å²) in [6.07, 6.45) is -0.673. The summed E-state index contributed by atoms with van der Waals surface area (Å²) in [6.45, 7) is 2.68. The predicted molar refractivity (Wildman–Crippen MR) is 109 cm³/mol. The van der Waals surface area contributed by atoms with E-state index in [1.807, 2.05) is 61.5 Å². The zero-order valence-corrected chi connectivity index (χ0v) is 15.8. The second-order valence-electron chi connectivity index (χ2n) is 7.11. The van der Waals surface area contributed by atoms with Gasteiger partial charge in [0.25, 0.3) is 5.91 Å². The molecule has 1 aliphatic heterocycles. The maximum atomic E-state index is 13.1. The van der Waals surface area contributed by atoms with Crippen LogP contribution in [0, 0.1) is 6.92 Å². The van der Waals surface area contributed by atoms with Gasteiger partial charge in [0.15, 0.2) is 0 Å². The summed E-state index contributed by atoms with van der Waals surface area (Å²) in [4.78, 5) is 14.7. The van der Waals surface area contributed by atoms with E-state index < -0.39 is 12.1 Å². The minimum atomic E-state index is -0.673. The van der Waals surface area contributed by atoms with Crippen LogP contribution in [-0.4, -0.2) is 41.1 Å². The molecular formula is C22H21ClN2O2. The van der Waals surface area contributed by atoms with Crippen LogP contribution >= 0.6 is 11.6 Å². The minimum Gasteiger partial charge on any atom is -0.390 e. The number of carbonyl (C=O) groups is 1. The van der Waals surface area contributed by atoms with Gasteiger partial charge in [0.2, 0.25) is 0 Å². The number of hydrogen-bond donors (Lipinski definition) is 2. The minimum absolute atomic E-state index is 0.104. The van der Waals surface area contributed by atoms with E-state index in [1.165, 1.54) is 0 Å². The van der Waals surface area contributed by atoms with Crippen molar-refractivity contribution in [1.82, 2.24) is 4.90 Å². The zero-order valence-electron chi connectivity index (χ0n) is 15.0. The summed E-state index contributed by atoms with van der Waals surface area (Å²) in [6, 6.07) is 17.1. The number of nitrogens with zero attached hydrogens (tertiary/aromatic N) is 1. The molecule has 3 N–H and O–H groups in total.